The smallest absolute Gasteiger partial charge is 0.266 e. The van der Waals surface area contributed by atoms with Crippen LogP contribution in [0.25, 0.3) is 5.69 Å². The second-order valence-electron chi connectivity index (χ2n) is 15.1. The maximum absolute atomic E-state index is 14.1. The van der Waals surface area contributed by atoms with Crippen LogP contribution in [0.5, 0.6) is 5.75 Å². The highest BCUT2D eigenvalue weighted by atomic mass is 16.5. The molecule has 6 rings (SSSR count). The lowest BCUT2D eigenvalue weighted by atomic mass is 9.76. The van der Waals surface area contributed by atoms with E-state index in [9.17, 15) is 9.59 Å². The lowest BCUT2D eigenvalue weighted by Crippen LogP contribution is -2.40. The molecule has 4 aromatic rings. The van der Waals surface area contributed by atoms with E-state index < -0.39 is 5.92 Å². The molecule has 52 heavy (non-hydrogen) atoms. The molecule has 3 aromatic carbocycles. The summed E-state index contributed by atoms with van der Waals surface area (Å²) in [6, 6.07) is 23.3. The molecule has 1 fully saturated rings. The Bertz CT molecular complexity index is 1880. The summed E-state index contributed by atoms with van der Waals surface area (Å²) in [6.07, 6.45) is 6.17. The van der Waals surface area contributed by atoms with E-state index in [4.69, 9.17) is 9.84 Å². The van der Waals surface area contributed by atoms with Gasteiger partial charge in [-0.3, -0.25) is 9.59 Å². The molecule has 2 amide bonds. The number of aromatic nitrogens is 4. The van der Waals surface area contributed by atoms with Crippen LogP contribution in [0, 0.1) is 0 Å². The number of hydrogen-bond donors (Lipinski definition) is 1. The molecule has 2 aliphatic heterocycles. The van der Waals surface area contributed by atoms with Gasteiger partial charge < -0.3 is 15.0 Å². The third kappa shape index (κ3) is 7.88. The van der Waals surface area contributed by atoms with Crippen LogP contribution >= 0.6 is 0 Å². The van der Waals surface area contributed by atoms with Gasteiger partial charge in [0.25, 0.3) is 5.91 Å². The van der Waals surface area contributed by atoms with Gasteiger partial charge in [-0.2, -0.15) is 14.8 Å². The van der Waals surface area contributed by atoms with E-state index in [0.717, 1.165) is 56.6 Å². The summed E-state index contributed by atoms with van der Waals surface area (Å²) < 4.78 is 7.90. The molecular weight excluding hydrogens is 653 g/mol. The van der Waals surface area contributed by atoms with E-state index in [1.165, 1.54) is 16.1 Å². The Hall–Kier alpha value is -5.06. The van der Waals surface area contributed by atoms with E-state index >= 15 is 0 Å². The average Bonchev–Trinajstić information content (AvgIpc) is 3.78. The number of ether oxygens (including phenoxy) is 1. The molecule has 0 aliphatic carbocycles. The number of nitrogens with zero attached hydrogens (tertiary/aromatic N) is 7. The Labute approximate surface area is 307 Å². The fourth-order valence-electron chi connectivity index (χ4n) is 6.67. The Kier molecular flexibility index (Phi) is 11.1. The molecule has 1 saturated heterocycles. The number of hydrazone groups is 1. The van der Waals surface area contributed by atoms with E-state index in [-0.39, 0.29) is 22.6 Å². The third-order valence-corrected chi connectivity index (χ3v) is 10.8. The molecule has 11 heteroatoms. The van der Waals surface area contributed by atoms with Gasteiger partial charge in [0.15, 0.2) is 11.7 Å². The van der Waals surface area contributed by atoms with Crippen molar-refractivity contribution in [2.24, 2.45) is 5.10 Å². The van der Waals surface area contributed by atoms with Gasteiger partial charge in [0.2, 0.25) is 5.91 Å². The number of rotatable bonds is 13. The number of para-hydroxylation sites is 1. The zero-order chi connectivity index (χ0) is 36.9. The van der Waals surface area contributed by atoms with Crippen LogP contribution in [0.4, 0.5) is 11.4 Å². The minimum atomic E-state index is -0.750. The largest absolute Gasteiger partial charge is 0.493 e. The third-order valence-electron chi connectivity index (χ3n) is 10.8. The number of amidine groups is 1. The minimum absolute atomic E-state index is 0.0292. The summed E-state index contributed by atoms with van der Waals surface area (Å²) in [5.41, 5.74) is 4.61. The van der Waals surface area contributed by atoms with Crippen LogP contribution < -0.4 is 15.1 Å². The normalized spacial score (nSPS) is 16.6. The fourth-order valence-corrected chi connectivity index (χ4v) is 6.67. The van der Waals surface area contributed by atoms with Crippen LogP contribution in [0.2, 0.25) is 0 Å². The summed E-state index contributed by atoms with van der Waals surface area (Å²) in [4.78, 5) is 29.2. The van der Waals surface area contributed by atoms with Gasteiger partial charge in [0, 0.05) is 30.8 Å². The summed E-state index contributed by atoms with van der Waals surface area (Å²) in [6.45, 7) is 15.6. The molecule has 1 atom stereocenters. The van der Waals surface area contributed by atoms with Crippen LogP contribution in [0.1, 0.15) is 109 Å². The average molecular weight is 705 g/mol. The van der Waals surface area contributed by atoms with Gasteiger partial charge >= 0.3 is 0 Å². The zero-order valence-electron chi connectivity index (χ0n) is 31.4. The summed E-state index contributed by atoms with van der Waals surface area (Å²) in [7, 11) is 0. The van der Waals surface area contributed by atoms with E-state index in [2.05, 4.69) is 85.5 Å². The summed E-state index contributed by atoms with van der Waals surface area (Å²) in [5, 5.41) is 21.8. The first-order chi connectivity index (χ1) is 25.0. The van der Waals surface area contributed by atoms with Crippen molar-refractivity contribution in [3.63, 3.8) is 0 Å². The number of nitrogens with one attached hydrogen (secondary N) is 1. The summed E-state index contributed by atoms with van der Waals surface area (Å²) >= 11 is 0. The van der Waals surface area contributed by atoms with Gasteiger partial charge in [0.05, 0.1) is 18.0 Å². The maximum atomic E-state index is 14.1. The first-order valence-electron chi connectivity index (χ1n) is 18.7. The highest BCUT2D eigenvalue weighted by Gasteiger charge is 2.44. The number of carbonyl (C=O) groups excluding carboxylic acids is 2. The second kappa shape index (κ2) is 15.7. The zero-order valence-corrected chi connectivity index (χ0v) is 31.4. The molecule has 11 nitrogen and oxygen atoms in total. The minimum Gasteiger partial charge on any atom is -0.493 e. The van der Waals surface area contributed by atoms with Gasteiger partial charge in [-0.05, 0) is 108 Å². The van der Waals surface area contributed by atoms with Crippen LogP contribution in [-0.4, -0.2) is 62.5 Å². The number of piperidine rings is 1. The van der Waals surface area contributed by atoms with Crippen molar-refractivity contribution in [1.82, 2.24) is 25.1 Å². The number of tetrazole rings is 1. The van der Waals surface area contributed by atoms with Crippen LogP contribution in [-0.2, 0) is 20.4 Å². The Morgan fingerprint density at radius 3 is 2.29 bits per heavy atom. The van der Waals surface area contributed by atoms with Gasteiger partial charge in [-0.1, -0.05) is 71.9 Å². The molecule has 0 spiro atoms. The number of likely N-dealkylation sites (tertiary alicyclic amines) is 1. The summed E-state index contributed by atoms with van der Waals surface area (Å²) in [5.74, 6) is 0.903. The molecule has 1 aromatic heterocycles. The van der Waals surface area contributed by atoms with Crippen molar-refractivity contribution in [1.29, 1.82) is 0 Å². The van der Waals surface area contributed by atoms with Crippen LogP contribution in [0.3, 0.4) is 0 Å². The number of anilines is 2. The first-order valence-corrected chi connectivity index (χ1v) is 18.7. The highest BCUT2D eigenvalue weighted by Crippen LogP contribution is 2.39. The molecule has 1 N–H and O–H groups in total. The van der Waals surface area contributed by atoms with Crippen molar-refractivity contribution in [3.05, 3.63) is 89.7 Å². The molecule has 0 bridgehead atoms. The van der Waals surface area contributed by atoms with Crippen LogP contribution in [0.15, 0.2) is 77.9 Å². The SMILES string of the molecule is CCC(C)(C)c1ccc(OCCCC(=O)Nc2ccc(N3N=C(N4CCCCC4)[C@H](c4nnnn4-c4ccccc4)C3=O)cc2)c(C(C)(C)CC)c1. The maximum Gasteiger partial charge on any atom is 0.266 e. The quantitative estimate of drug-likeness (QED) is 0.141. The Morgan fingerprint density at radius 1 is 0.885 bits per heavy atom. The molecule has 3 heterocycles. The van der Waals surface area contributed by atoms with Crippen molar-refractivity contribution in [2.75, 3.05) is 30.0 Å². The lowest BCUT2D eigenvalue weighted by molar-refractivity contribution is -0.118. The van der Waals surface area contributed by atoms with Crippen molar-refractivity contribution in [3.8, 4) is 11.4 Å². The van der Waals surface area contributed by atoms with E-state index in [0.29, 0.717) is 42.5 Å². The predicted molar refractivity (Wildman–Crippen MR) is 205 cm³/mol. The molecule has 0 saturated carbocycles. The van der Waals surface area contributed by atoms with Gasteiger partial charge in [-0.15, -0.1) is 5.10 Å². The van der Waals surface area contributed by atoms with Gasteiger partial charge in [-0.25, -0.2) is 0 Å². The number of amides is 2. The van der Waals surface area contributed by atoms with Crippen molar-refractivity contribution < 1.29 is 14.3 Å². The highest BCUT2D eigenvalue weighted by molar-refractivity contribution is 6.18. The standard InChI is InChI=1S/C41H52N8O3/c1-7-40(3,4)29-19-24-34(33(28-29)41(5,6)8-2)52-27-15-18-35(50)42-30-20-22-32(23-21-30)49-39(51)36(38(44-49)47-25-13-10-14-26-47)37-43-45-46-48(37)31-16-11-9-12-17-31/h9,11-12,16-17,19-24,28,36H,7-8,10,13-15,18,25-27H2,1-6H3,(H,42,50)/t36-/m0/s1. The topological polar surface area (TPSA) is 118 Å². The monoisotopic (exact) mass is 704 g/mol. The Balaban J connectivity index is 1.10. The van der Waals surface area contributed by atoms with Crippen molar-refractivity contribution >= 4 is 29.0 Å². The van der Waals surface area contributed by atoms with E-state index in [1.807, 2.05) is 30.3 Å². The Morgan fingerprint density at radius 2 is 1.60 bits per heavy atom. The molecule has 274 valence electrons. The lowest BCUT2D eigenvalue weighted by Gasteiger charge is -2.30. The molecule has 0 unspecified atom stereocenters. The fraction of sp³-hybridized carbons (Fsp3) is 0.463. The second-order valence-corrected chi connectivity index (χ2v) is 15.1. The predicted octanol–water partition coefficient (Wildman–Crippen LogP) is 7.77. The first kappa shape index (κ1) is 36.7. The number of hydrogen-bond acceptors (Lipinski definition) is 8. The number of carbonyl (C=O) groups is 2. The van der Waals surface area contributed by atoms with E-state index in [1.54, 1.807) is 28.9 Å². The van der Waals surface area contributed by atoms with Crippen molar-refractivity contribution in [2.45, 2.75) is 103 Å². The number of benzene rings is 3. The molecule has 0 radical (unpaired) electrons. The molecule has 2 aliphatic rings. The molecular formula is C41H52N8O3. The van der Waals surface area contributed by atoms with Gasteiger partial charge in [0.1, 0.15) is 11.6 Å².